The first-order valence-corrected chi connectivity index (χ1v) is 4.45. The number of aryl methyl sites for hydroxylation is 1. The van der Waals surface area contributed by atoms with Crippen LogP contribution in [0.3, 0.4) is 0 Å². The van der Waals surface area contributed by atoms with Crippen molar-refractivity contribution in [3.05, 3.63) is 34.8 Å². The van der Waals surface area contributed by atoms with Gasteiger partial charge in [0.2, 0.25) is 0 Å². The van der Waals surface area contributed by atoms with Crippen molar-refractivity contribution in [1.82, 2.24) is 0 Å². The molecule has 0 bridgehead atoms. The van der Waals surface area contributed by atoms with Crippen molar-refractivity contribution in [3.63, 3.8) is 0 Å². The normalized spacial score (nSPS) is 12.1. The standard InChI is InChI=1S/C10H12O5/c1-4-5-8(11)13-6(2)9-7(3)14-10(12)15-9/h4,6H,1,5H2,2-3H3. The van der Waals surface area contributed by atoms with Gasteiger partial charge in [0, 0.05) is 0 Å². The minimum atomic E-state index is -0.797. The number of hydrogen-bond acceptors (Lipinski definition) is 5. The molecule has 0 radical (unpaired) electrons. The molecule has 1 aromatic heterocycles. The van der Waals surface area contributed by atoms with Gasteiger partial charge in [-0.2, -0.15) is 0 Å². The number of hydrogen-bond donors (Lipinski definition) is 0. The molecule has 0 aliphatic carbocycles. The summed E-state index contributed by atoms with van der Waals surface area (Å²) < 4.78 is 14.3. The smallest absolute Gasteiger partial charge is 0.454 e. The van der Waals surface area contributed by atoms with E-state index in [1.165, 1.54) is 6.08 Å². The molecule has 0 amide bonds. The molecule has 1 rings (SSSR count). The van der Waals surface area contributed by atoms with Crippen LogP contribution in [-0.2, 0) is 9.53 Å². The van der Waals surface area contributed by atoms with Gasteiger partial charge < -0.3 is 13.6 Å². The second kappa shape index (κ2) is 4.63. The third kappa shape index (κ3) is 2.83. The number of carbonyl (C=O) groups excluding carboxylic acids is 1. The highest BCUT2D eigenvalue weighted by molar-refractivity contribution is 5.71. The first kappa shape index (κ1) is 11.3. The third-order valence-corrected chi connectivity index (χ3v) is 1.77. The molecule has 1 unspecified atom stereocenters. The summed E-state index contributed by atoms with van der Waals surface area (Å²) in [7, 11) is 0. The second-order valence-electron chi connectivity index (χ2n) is 3.00. The maximum atomic E-state index is 11.1. The number of rotatable bonds is 4. The van der Waals surface area contributed by atoms with Crippen LogP contribution < -0.4 is 5.82 Å². The lowest BCUT2D eigenvalue weighted by atomic mass is 10.2. The van der Waals surface area contributed by atoms with E-state index >= 15 is 0 Å². The Morgan fingerprint density at radius 1 is 1.60 bits per heavy atom. The van der Waals surface area contributed by atoms with Crippen molar-refractivity contribution in [2.75, 3.05) is 0 Å². The summed E-state index contributed by atoms with van der Waals surface area (Å²) in [6, 6.07) is 0. The summed E-state index contributed by atoms with van der Waals surface area (Å²) >= 11 is 0. The Hall–Kier alpha value is -1.78. The molecule has 0 saturated heterocycles. The maximum absolute atomic E-state index is 11.1. The molecule has 0 aromatic carbocycles. The quantitative estimate of drug-likeness (QED) is 0.561. The van der Waals surface area contributed by atoms with Crippen LogP contribution in [0.2, 0.25) is 0 Å². The van der Waals surface area contributed by atoms with Crippen LogP contribution in [0, 0.1) is 6.92 Å². The Bertz CT molecular complexity index is 412. The van der Waals surface area contributed by atoms with Gasteiger partial charge in [0.1, 0.15) is 0 Å². The van der Waals surface area contributed by atoms with Gasteiger partial charge in [0.15, 0.2) is 17.6 Å². The zero-order chi connectivity index (χ0) is 11.4. The summed E-state index contributed by atoms with van der Waals surface area (Å²) in [5, 5.41) is 0. The van der Waals surface area contributed by atoms with Crippen molar-refractivity contribution in [1.29, 1.82) is 0 Å². The van der Waals surface area contributed by atoms with Crippen LogP contribution in [-0.4, -0.2) is 5.97 Å². The van der Waals surface area contributed by atoms with E-state index in [0.29, 0.717) is 5.76 Å². The Morgan fingerprint density at radius 3 is 2.73 bits per heavy atom. The number of carbonyl (C=O) groups is 1. The lowest BCUT2D eigenvalue weighted by molar-refractivity contribution is -0.148. The lowest BCUT2D eigenvalue weighted by Crippen LogP contribution is -2.08. The summed E-state index contributed by atoms with van der Waals surface area (Å²) in [5.41, 5.74) is 0. The fraction of sp³-hybridized carbons (Fsp3) is 0.400. The molecule has 5 heteroatoms. The lowest BCUT2D eigenvalue weighted by Gasteiger charge is -2.09. The van der Waals surface area contributed by atoms with Crippen LogP contribution in [0.15, 0.2) is 26.3 Å². The third-order valence-electron chi connectivity index (χ3n) is 1.77. The van der Waals surface area contributed by atoms with Crippen molar-refractivity contribution in [3.8, 4) is 0 Å². The van der Waals surface area contributed by atoms with E-state index in [9.17, 15) is 9.59 Å². The molecule has 0 fully saturated rings. The van der Waals surface area contributed by atoms with Gasteiger partial charge in [-0.25, -0.2) is 4.79 Å². The van der Waals surface area contributed by atoms with Gasteiger partial charge in [0.05, 0.1) is 6.42 Å². The molecule has 0 spiro atoms. The summed E-state index contributed by atoms with van der Waals surface area (Å²) in [6.45, 7) is 6.58. The van der Waals surface area contributed by atoms with Crippen molar-refractivity contribution >= 4 is 5.97 Å². The molecule has 0 aliphatic rings. The van der Waals surface area contributed by atoms with Crippen LogP contribution in [0.4, 0.5) is 0 Å². The Balaban J connectivity index is 2.72. The van der Waals surface area contributed by atoms with E-state index in [2.05, 4.69) is 11.0 Å². The van der Waals surface area contributed by atoms with Gasteiger partial charge >= 0.3 is 11.8 Å². The fourth-order valence-electron chi connectivity index (χ4n) is 1.14. The van der Waals surface area contributed by atoms with Gasteiger partial charge in [-0.05, 0) is 13.8 Å². The van der Waals surface area contributed by atoms with Crippen LogP contribution in [0.25, 0.3) is 0 Å². The van der Waals surface area contributed by atoms with E-state index in [1.54, 1.807) is 13.8 Å². The van der Waals surface area contributed by atoms with E-state index in [1.807, 2.05) is 0 Å². The van der Waals surface area contributed by atoms with E-state index in [4.69, 9.17) is 9.15 Å². The molecular formula is C10H12O5. The molecule has 5 nitrogen and oxygen atoms in total. The zero-order valence-corrected chi connectivity index (χ0v) is 8.61. The molecule has 0 saturated carbocycles. The average Bonchev–Trinajstić information content (AvgIpc) is 2.45. The van der Waals surface area contributed by atoms with Gasteiger partial charge in [-0.15, -0.1) is 6.58 Å². The van der Waals surface area contributed by atoms with Crippen LogP contribution >= 0.6 is 0 Å². The topological polar surface area (TPSA) is 69.7 Å². The fourth-order valence-corrected chi connectivity index (χ4v) is 1.14. The van der Waals surface area contributed by atoms with Crippen LogP contribution in [0.5, 0.6) is 0 Å². The van der Waals surface area contributed by atoms with Crippen LogP contribution in [0.1, 0.15) is 31.0 Å². The highest BCUT2D eigenvalue weighted by atomic mass is 16.6. The molecule has 1 atom stereocenters. The van der Waals surface area contributed by atoms with E-state index < -0.39 is 17.9 Å². The highest BCUT2D eigenvalue weighted by Crippen LogP contribution is 2.19. The largest absolute Gasteiger partial charge is 0.519 e. The summed E-state index contributed by atoms with van der Waals surface area (Å²) in [6.07, 6.45) is 0.919. The van der Waals surface area contributed by atoms with Gasteiger partial charge in [-0.3, -0.25) is 4.79 Å². The Labute approximate surface area is 86.3 Å². The Kier molecular flexibility index (Phi) is 3.49. The number of esters is 1. The number of ether oxygens (including phenoxy) is 1. The average molecular weight is 212 g/mol. The van der Waals surface area contributed by atoms with E-state index in [-0.39, 0.29) is 12.2 Å². The monoisotopic (exact) mass is 212 g/mol. The van der Waals surface area contributed by atoms with E-state index in [0.717, 1.165) is 0 Å². The van der Waals surface area contributed by atoms with Gasteiger partial charge in [0.25, 0.3) is 0 Å². The Morgan fingerprint density at radius 2 is 2.27 bits per heavy atom. The summed E-state index contributed by atoms with van der Waals surface area (Å²) in [4.78, 5) is 21.8. The molecule has 82 valence electrons. The SMILES string of the molecule is C=CCC(=O)OC(C)c1oc(=O)oc1C. The molecule has 0 aliphatic heterocycles. The predicted molar refractivity (Wildman–Crippen MR) is 51.3 cm³/mol. The maximum Gasteiger partial charge on any atom is 0.519 e. The highest BCUT2D eigenvalue weighted by Gasteiger charge is 2.19. The zero-order valence-electron chi connectivity index (χ0n) is 8.61. The second-order valence-corrected chi connectivity index (χ2v) is 3.00. The minimum Gasteiger partial charge on any atom is -0.454 e. The molecule has 1 heterocycles. The van der Waals surface area contributed by atoms with Crippen molar-refractivity contribution < 1.29 is 18.4 Å². The van der Waals surface area contributed by atoms with Gasteiger partial charge in [-0.1, -0.05) is 6.08 Å². The first-order valence-electron chi connectivity index (χ1n) is 4.45. The molecule has 0 N–H and O–H groups in total. The van der Waals surface area contributed by atoms with Crippen molar-refractivity contribution in [2.24, 2.45) is 0 Å². The summed E-state index contributed by atoms with van der Waals surface area (Å²) in [5.74, 6) is -0.675. The predicted octanol–water partition coefficient (Wildman–Crippen LogP) is 1.72. The molecule has 1 aromatic rings. The molecular weight excluding hydrogens is 200 g/mol. The minimum absolute atomic E-state index is 0.117. The van der Waals surface area contributed by atoms with Crippen molar-refractivity contribution in [2.45, 2.75) is 26.4 Å². The first-order chi connectivity index (χ1) is 7.04. The molecule has 15 heavy (non-hydrogen) atoms.